The van der Waals surface area contributed by atoms with Crippen molar-refractivity contribution in [3.05, 3.63) is 70.4 Å². The minimum absolute atomic E-state index is 0.0408. The lowest BCUT2D eigenvalue weighted by atomic mass is 10.1. The first-order valence-corrected chi connectivity index (χ1v) is 10.6. The Morgan fingerprint density at radius 3 is 2.33 bits per heavy atom. The number of primary sulfonamides is 1. The Bertz CT molecular complexity index is 1020. The molecule has 0 aromatic heterocycles. The summed E-state index contributed by atoms with van der Waals surface area (Å²) in [6.07, 6.45) is 2.20. The molecule has 2 N–H and O–H groups in total. The summed E-state index contributed by atoms with van der Waals surface area (Å²) < 4.78 is 36.0. The summed E-state index contributed by atoms with van der Waals surface area (Å²) in [5.41, 5.74) is 1.58. The number of sulfonamides is 1. The topological polar surface area (TPSA) is 80.5 Å². The number of carbonyl (C=O) groups is 1. The molecular weight excluding hydrogens is 407 g/mol. The van der Waals surface area contributed by atoms with Gasteiger partial charge in [0.15, 0.2) is 0 Å². The molecule has 0 bridgehead atoms. The normalized spacial score (nSPS) is 16.4. The van der Waals surface area contributed by atoms with E-state index in [2.05, 4.69) is 0 Å². The lowest BCUT2D eigenvalue weighted by molar-refractivity contribution is -0.122. The summed E-state index contributed by atoms with van der Waals surface area (Å²) in [6.45, 7) is 0.375. The Hall–Kier alpha value is -2.07. The molecule has 0 unspecified atom stereocenters. The fourth-order valence-electron chi connectivity index (χ4n) is 2.49. The van der Waals surface area contributed by atoms with Gasteiger partial charge in [-0.3, -0.25) is 9.69 Å². The number of benzene rings is 2. The molecule has 0 spiro atoms. The molecule has 9 heteroatoms. The van der Waals surface area contributed by atoms with E-state index in [4.69, 9.17) is 17.4 Å². The maximum Gasteiger partial charge on any atom is 0.266 e. The molecule has 1 fully saturated rings. The molecule has 1 aliphatic rings. The van der Waals surface area contributed by atoms with Crippen molar-refractivity contribution in [1.29, 1.82) is 0 Å². The minimum Gasteiger partial charge on any atom is -0.293 e. The van der Waals surface area contributed by atoms with Crippen LogP contribution >= 0.6 is 24.0 Å². The zero-order chi connectivity index (χ0) is 19.6. The second-order valence-electron chi connectivity index (χ2n) is 5.82. The molecule has 2 aromatic rings. The van der Waals surface area contributed by atoms with Gasteiger partial charge in [-0.1, -0.05) is 48.2 Å². The Kier molecular flexibility index (Phi) is 5.75. The van der Waals surface area contributed by atoms with Crippen LogP contribution in [0, 0.1) is 5.82 Å². The average molecular weight is 423 g/mol. The molecule has 1 aliphatic heterocycles. The van der Waals surface area contributed by atoms with E-state index in [0.29, 0.717) is 22.2 Å². The van der Waals surface area contributed by atoms with Crippen molar-refractivity contribution in [2.24, 2.45) is 5.14 Å². The van der Waals surface area contributed by atoms with E-state index >= 15 is 0 Å². The quantitative estimate of drug-likeness (QED) is 0.592. The van der Waals surface area contributed by atoms with Gasteiger partial charge in [0.05, 0.1) is 9.80 Å². The maximum absolute atomic E-state index is 13.0. The number of nitrogens with zero attached hydrogens (tertiary/aromatic N) is 1. The highest BCUT2D eigenvalue weighted by Gasteiger charge is 2.31. The maximum atomic E-state index is 13.0. The van der Waals surface area contributed by atoms with Crippen molar-refractivity contribution in [2.75, 3.05) is 6.54 Å². The number of thiocarbonyl (C=S) groups is 1. The first-order chi connectivity index (χ1) is 12.7. The standard InChI is InChI=1S/C18H15FN2O3S3/c19-14-5-1-13(2-6-14)11-16-17(22)21(18(25)26-16)10-9-12-3-7-15(8-4-12)27(20,23)24/h1-8,11H,9-10H2,(H2,20,23,24)/b16-11+. The first-order valence-electron chi connectivity index (χ1n) is 7.87. The van der Waals surface area contributed by atoms with Crippen LogP contribution in [0.2, 0.25) is 0 Å². The predicted molar refractivity (Wildman–Crippen MR) is 108 cm³/mol. The number of hydrogen-bond donors (Lipinski definition) is 1. The Labute approximate surface area is 166 Å². The molecule has 2 aromatic carbocycles. The zero-order valence-electron chi connectivity index (χ0n) is 14.0. The van der Waals surface area contributed by atoms with Gasteiger partial charge in [0.2, 0.25) is 10.0 Å². The number of halogens is 1. The average Bonchev–Trinajstić information content (AvgIpc) is 2.88. The molecule has 0 aliphatic carbocycles. The van der Waals surface area contributed by atoms with E-state index in [1.807, 2.05) is 0 Å². The molecule has 1 saturated heterocycles. The van der Waals surface area contributed by atoms with Crippen LogP contribution in [-0.2, 0) is 21.2 Å². The van der Waals surface area contributed by atoms with Crippen LogP contribution in [0.4, 0.5) is 4.39 Å². The van der Waals surface area contributed by atoms with Crippen LogP contribution in [-0.4, -0.2) is 30.1 Å². The van der Waals surface area contributed by atoms with Crippen LogP contribution in [0.5, 0.6) is 0 Å². The molecule has 1 amide bonds. The third kappa shape index (κ3) is 4.81. The van der Waals surface area contributed by atoms with Crippen molar-refractivity contribution in [2.45, 2.75) is 11.3 Å². The van der Waals surface area contributed by atoms with E-state index in [-0.39, 0.29) is 16.6 Å². The summed E-state index contributed by atoms with van der Waals surface area (Å²) in [4.78, 5) is 14.6. The fraction of sp³-hybridized carbons (Fsp3) is 0.111. The van der Waals surface area contributed by atoms with Gasteiger partial charge in [0, 0.05) is 6.54 Å². The minimum atomic E-state index is -3.73. The molecule has 0 atom stereocenters. The van der Waals surface area contributed by atoms with E-state index in [0.717, 1.165) is 11.1 Å². The molecule has 0 radical (unpaired) electrons. The van der Waals surface area contributed by atoms with Gasteiger partial charge in [-0.05, 0) is 47.9 Å². The van der Waals surface area contributed by atoms with Crippen molar-refractivity contribution < 1.29 is 17.6 Å². The number of nitrogens with two attached hydrogens (primary N) is 1. The summed E-state index contributed by atoms with van der Waals surface area (Å²) in [5, 5.41) is 5.08. The Balaban J connectivity index is 1.68. The van der Waals surface area contributed by atoms with Gasteiger partial charge in [-0.15, -0.1) is 0 Å². The lowest BCUT2D eigenvalue weighted by Gasteiger charge is -2.14. The molecule has 27 heavy (non-hydrogen) atoms. The van der Waals surface area contributed by atoms with Crippen LogP contribution in [0.3, 0.4) is 0 Å². The SMILES string of the molecule is NS(=O)(=O)c1ccc(CCN2C(=O)/C(=C\c3ccc(F)cc3)SC2=S)cc1. The van der Waals surface area contributed by atoms with Gasteiger partial charge in [-0.2, -0.15) is 0 Å². The second-order valence-corrected chi connectivity index (χ2v) is 9.06. The summed E-state index contributed by atoms with van der Waals surface area (Å²) in [7, 11) is -3.73. The molecule has 5 nitrogen and oxygen atoms in total. The Morgan fingerprint density at radius 1 is 1.11 bits per heavy atom. The molecule has 0 saturated carbocycles. The number of rotatable bonds is 5. The highest BCUT2D eigenvalue weighted by atomic mass is 32.2. The zero-order valence-corrected chi connectivity index (χ0v) is 16.4. The second kappa shape index (κ2) is 7.89. The van der Waals surface area contributed by atoms with Gasteiger partial charge >= 0.3 is 0 Å². The fourth-order valence-corrected chi connectivity index (χ4v) is 4.31. The molecule has 1 heterocycles. The predicted octanol–water partition coefficient (Wildman–Crippen LogP) is 2.92. The van der Waals surface area contributed by atoms with Gasteiger partial charge in [-0.25, -0.2) is 17.9 Å². The lowest BCUT2D eigenvalue weighted by Crippen LogP contribution is -2.30. The highest BCUT2D eigenvalue weighted by molar-refractivity contribution is 8.26. The van der Waals surface area contributed by atoms with E-state index in [1.165, 1.54) is 40.9 Å². The van der Waals surface area contributed by atoms with Gasteiger partial charge in [0.1, 0.15) is 10.1 Å². The van der Waals surface area contributed by atoms with Crippen molar-refractivity contribution >= 4 is 50.3 Å². The molecule has 140 valence electrons. The van der Waals surface area contributed by atoms with E-state index < -0.39 is 10.0 Å². The van der Waals surface area contributed by atoms with Crippen LogP contribution in [0.15, 0.2) is 58.3 Å². The number of thioether (sulfide) groups is 1. The summed E-state index contributed by atoms with van der Waals surface area (Å²) in [5.74, 6) is -0.538. The third-order valence-corrected chi connectivity index (χ3v) is 6.22. The Morgan fingerprint density at radius 2 is 1.74 bits per heavy atom. The van der Waals surface area contributed by atoms with Crippen molar-refractivity contribution in [3.63, 3.8) is 0 Å². The van der Waals surface area contributed by atoms with Gasteiger partial charge < -0.3 is 0 Å². The highest BCUT2D eigenvalue weighted by Crippen LogP contribution is 2.32. The van der Waals surface area contributed by atoms with Crippen LogP contribution < -0.4 is 5.14 Å². The van der Waals surface area contributed by atoms with E-state index in [1.54, 1.807) is 30.3 Å². The van der Waals surface area contributed by atoms with Crippen LogP contribution in [0.25, 0.3) is 6.08 Å². The monoisotopic (exact) mass is 422 g/mol. The van der Waals surface area contributed by atoms with E-state index in [9.17, 15) is 17.6 Å². The molecule has 3 rings (SSSR count). The van der Waals surface area contributed by atoms with Gasteiger partial charge in [0.25, 0.3) is 5.91 Å². The summed E-state index contributed by atoms with van der Waals surface area (Å²) in [6, 6.07) is 12.0. The third-order valence-electron chi connectivity index (χ3n) is 3.92. The number of amides is 1. The summed E-state index contributed by atoms with van der Waals surface area (Å²) >= 11 is 6.49. The van der Waals surface area contributed by atoms with Crippen molar-refractivity contribution in [1.82, 2.24) is 4.90 Å². The number of hydrogen-bond acceptors (Lipinski definition) is 5. The number of carbonyl (C=O) groups excluding carboxylic acids is 1. The smallest absolute Gasteiger partial charge is 0.266 e. The van der Waals surface area contributed by atoms with Crippen LogP contribution in [0.1, 0.15) is 11.1 Å². The molecular formula is C18H15FN2O3S3. The first kappa shape index (κ1) is 19.7. The van der Waals surface area contributed by atoms with Crippen molar-refractivity contribution in [3.8, 4) is 0 Å². The largest absolute Gasteiger partial charge is 0.293 e.